The molecule has 1 saturated heterocycles. The van der Waals surface area contributed by atoms with Crippen molar-refractivity contribution in [1.29, 1.82) is 0 Å². The molecular weight excluding hydrogens is 226 g/mol. The summed E-state index contributed by atoms with van der Waals surface area (Å²) in [6, 6.07) is 0.175. The Morgan fingerprint density at radius 2 is 2.06 bits per heavy atom. The Bertz CT molecular complexity index is 313. The Kier molecular flexibility index (Phi) is 4.37. The summed E-state index contributed by atoms with van der Waals surface area (Å²) >= 11 is 0. The molecule has 1 heterocycles. The van der Waals surface area contributed by atoms with Crippen LogP contribution in [0.5, 0.6) is 0 Å². The molecule has 1 aliphatic heterocycles. The molecule has 1 fully saturated rings. The van der Waals surface area contributed by atoms with E-state index in [0.29, 0.717) is 0 Å². The van der Waals surface area contributed by atoms with Crippen LogP contribution in [0, 0.1) is 0 Å². The highest BCUT2D eigenvalue weighted by molar-refractivity contribution is 7.90. The number of nitrogens with one attached hydrogen (secondary N) is 1. The quantitative estimate of drug-likeness (QED) is 0.806. The van der Waals surface area contributed by atoms with Gasteiger partial charge in [-0.05, 0) is 40.2 Å². The minimum Gasteiger partial charge on any atom is -0.370 e. The van der Waals surface area contributed by atoms with Crippen molar-refractivity contribution < 1.29 is 13.2 Å². The lowest BCUT2D eigenvalue weighted by Gasteiger charge is -2.31. The van der Waals surface area contributed by atoms with E-state index >= 15 is 0 Å². The van der Waals surface area contributed by atoms with E-state index in [1.54, 1.807) is 0 Å². The number of hydrogen-bond acceptors (Lipinski definition) is 4. The first-order chi connectivity index (χ1) is 7.17. The molecule has 0 spiro atoms. The Balaban J connectivity index is 2.68. The molecule has 0 radical (unpaired) electrons. The average molecular weight is 249 g/mol. The third-order valence-corrected chi connectivity index (χ3v) is 3.45. The summed E-state index contributed by atoms with van der Waals surface area (Å²) in [6.45, 7) is 6.82. The molecule has 0 aromatic carbocycles. The molecule has 0 saturated carbocycles. The van der Waals surface area contributed by atoms with Crippen LogP contribution in [-0.4, -0.2) is 44.7 Å². The first kappa shape index (κ1) is 13.9. The van der Waals surface area contributed by atoms with E-state index in [1.807, 2.05) is 20.8 Å². The van der Waals surface area contributed by atoms with E-state index in [1.165, 1.54) is 6.26 Å². The van der Waals surface area contributed by atoms with Gasteiger partial charge in [0.05, 0.1) is 17.5 Å². The van der Waals surface area contributed by atoms with E-state index in [2.05, 4.69) is 5.32 Å². The number of hydrogen-bond donors (Lipinski definition) is 1. The smallest absolute Gasteiger partial charge is 0.150 e. The zero-order valence-corrected chi connectivity index (χ0v) is 11.4. The average Bonchev–Trinajstić information content (AvgIpc) is 2.47. The summed E-state index contributed by atoms with van der Waals surface area (Å²) in [4.78, 5) is 0. The Labute approximate surface area is 98.7 Å². The Hall–Kier alpha value is -0.130. The van der Waals surface area contributed by atoms with Gasteiger partial charge in [-0.3, -0.25) is 0 Å². The molecule has 1 aliphatic rings. The molecular formula is C11H23NO3S. The van der Waals surface area contributed by atoms with Crippen molar-refractivity contribution >= 4 is 9.84 Å². The van der Waals surface area contributed by atoms with Gasteiger partial charge >= 0.3 is 0 Å². The lowest BCUT2D eigenvalue weighted by Crippen LogP contribution is -2.45. The van der Waals surface area contributed by atoms with E-state index in [0.717, 1.165) is 19.4 Å². The maximum atomic E-state index is 11.4. The van der Waals surface area contributed by atoms with E-state index < -0.39 is 9.84 Å². The van der Waals surface area contributed by atoms with Crippen molar-refractivity contribution in [2.24, 2.45) is 0 Å². The molecule has 96 valence electrons. The van der Waals surface area contributed by atoms with Gasteiger partial charge < -0.3 is 10.1 Å². The number of ether oxygens (including phenoxy) is 1. The summed E-state index contributed by atoms with van der Waals surface area (Å²) in [5.41, 5.74) is -0.306. The predicted octanol–water partition coefficient (Wildman–Crippen LogP) is 0.967. The molecule has 0 aromatic heterocycles. The van der Waals surface area contributed by atoms with Gasteiger partial charge in [0.25, 0.3) is 0 Å². The molecule has 0 aromatic rings. The lowest BCUT2D eigenvalue weighted by molar-refractivity contribution is -0.0620. The van der Waals surface area contributed by atoms with Gasteiger partial charge in [-0.25, -0.2) is 8.42 Å². The van der Waals surface area contributed by atoms with Gasteiger partial charge in [0, 0.05) is 12.3 Å². The molecule has 0 amide bonds. The highest BCUT2D eigenvalue weighted by Gasteiger charge is 2.31. The number of rotatable bonds is 4. The van der Waals surface area contributed by atoms with Crippen LogP contribution < -0.4 is 5.32 Å². The van der Waals surface area contributed by atoms with Gasteiger partial charge in [0.2, 0.25) is 0 Å². The standard InChI is InChI=1S/C11H23NO3S/c1-11(2,3)15-10(8-16(4,13)14)9-6-5-7-12-9/h9-10,12H,5-8H2,1-4H3/t9-,10+/m1/s1. The lowest BCUT2D eigenvalue weighted by atomic mass is 10.1. The minimum absolute atomic E-state index is 0.0991. The van der Waals surface area contributed by atoms with Gasteiger partial charge in [-0.1, -0.05) is 0 Å². The second kappa shape index (κ2) is 5.02. The van der Waals surface area contributed by atoms with E-state index in [9.17, 15) is 8.42 Å². The fourth-order valence-electron chi connectivity index (χ4n) is 2.01. The van der Waals surface area contributed by atoms with Crippen LogP contribution in [0.15, 0.2) is 0 Å². The van der Waals surface area contributed by atoms with Gasteiger partial charge in [-0.2, -0.15) is 0 Å². The van der Waals surface area contributed by atoms with Crippen molar-refractivity contribution in [3.05, 3.63) is 0 Å². The molecule has 1 rings (SSSR count). The van der Waals surface area contributed by atoms with Crippen LogP contribution in [0.3, 0.4) is 0 Å². The van der Waals surface area contributed by atoms with Crippen molar-refractivity contribution in [2.45, 2.75) is 51.4 Å². The van der Waals surface area contributed by atoms with Crippen LogP contribution in [0.4, 0.5) is 0 Å². The summed E-state index contributed by atoms with van der Waals surface area (Å²) in [6.07, 6.45) is 3.12. The molecule has 16 heavy (non-hydrogen) atoms. The van der Waals surface area contributed by atoms with Crippen LogP contribution in [0.2, 0.25) is 0 Å². The van der Waals surface area contributed by atoms with Crippen LogP contribution >= 0.6 is 0 Å². The summed E-state index contributed by atoms with van der Waals surface area (Å²) in [5.74, 6) is 0.0991. The van der Waals surface area contributed by atoms with Crippen molar-refractivity contribution in [3.8, 4) is 0 Å². The zero-order valence-electron chi connectivity index (χ0n) is 10.6. The first-order valence-corrected chi connectivity index (χ1v) is 7.82. The topological polar surface area (TPSA) is 55.4 Å². The van der Waals surface area contributed by atoms with Crippen molar-refractivity contribution in [3.63, 3.8) is 0 Å². The zero-order chi connectivity index (χ0) is 12.4. The second-order valence-electron chi connectivity index (χ2n) is 5.56. The highest BCUT2D eigenvalue weighted by atomic mass is 32.2. The summed E-state index contributed by atoms with van der Waals surface area (Å²) in [5, 5.41) is 3.31. The van der Waals surface area contributed by atoms with Gasteiger partial charge in [-0.15, -0.1) is 0 Å². The molecule has 1 N–H and O–H groups in total. The normalized spacial score (nSPS) is 24.6. The summed E-state index contributed by atoms with van der Waals surface area (Å²) < 4.78 is 28.6. The molecule has 2 atom stereocenters. The van der Waals surface area contributed by atoms with Crippen LogP contribution in [-0.2, 0) is 14.6 Å². The van der Waals surface area contributed by atoms with Gasteiger partial charge in [0.1, 0.15) is 9.84 Å². The SMILES string of the molecule is CC(C)(C)O[C@@H](CS(C)(=O)=O)[C@H]1CCCN1. The third-order valence-electron chi connectivity index (χ3n) is 2.52. The van der Waals surface area contributed by atoms with Crippen LogP contribution in [0.1, 0.15) is 33.6 Å². The Morgan fingerprint density at radius 3 is 2.44 bits per heavy atom. The van der Waals surface area contributed by atoms with E-state index in [-0.39, 0.29) is 23.5 Å². The molecule has 5 heteroatoms. The minimum atomic E-state index is -3.00. The maximum Gasteiger partial charge on any atom is 0.150 e. The molecule has 0 bridgehead atoms. The maximum absolute atomic E-state index is 11.4. The molecule has 0 unspecified atom stereocenters. The van der Waals surface area contributed by atoms with E-state index in [4.69, 9.17) is 4.74 Å². The number of sulfone groups is 1. The fourth-order valence-corrected chi connectivity index (χ4v) is 2.91. The predicted molar refractivity (Wildman–Crippen MR) is 65.4 cm³/mol. The summed E-state index contributed by atoms with van der Waals surface area (Å²) in [7, 11) is -3.00. The van der Waals surface area contributed by atoms with Crippen molar-refractivity contribution in [1.82, 2.24) is 5.32 Å². The highest BCUT2D eigenvalue weighted by Crippen LogP contribution is 2.19. The first-order valence-electron chi connectivity index (χ1n) is 5.76. The largest absolute Gasteiger partial charge is 0.370 e. The van der Waals surface area contributed by atoms with Gasteiger partial charge in [0.15, 0.2) is 0 Å². The fraction of sp³-hybridized carbons (Fsp3) is 1.00. The van der Waals surface area contributed by atoms with Crippen LogP contribution in [0.25, 0.3) is 0 Å². The van der Waals surface area contributed by atoms with Crippen molar-refractivity contribution in [2.75, 3.05) is 18.6 Å². The molecule has 4 nitrogen and oxygen atoms in total. The Morgan fingerprint density at radius 1 is 1.44 bits per heavy atom. The molecule has 0 aliphatic carbocycles. The second-order valence-corrected chi connectivity index (χ2v) is 7.75. The monoisotopic (exact) mass is 249 g/mol. The third kappa shape index (κ3) is 5.27.